The highest BCUT2D eigenvalue weighted by Crippen LogP contribution is 2.29. The molecular weight excluding hydrogens is 234 g/mol. The number of hydrogen-bond acceptors (Lipinski definition) is 3. The Morgan fingerprint density at radius 1 is 1.46 bits per heavy atom. The molecule has 0 fully saturated rings. The van der Waals surface area contributed by atoms with Crippen molar-refractivity contribution in [3.8, 4) is 5.75 Å². The van der Waals surface area contributed by atoms with E-state index in [0.717, 1.165) is 5.56 Å². The number of phenols is 1. The van der Waals surface area contributed by atoms with Crippen LogP contribution in [0.2, 0.25) is 0 Å². The lowest BCUT2D eigenvalue weighted by atomic mass is 10.1. The molecule has 0 amide bonds. The van der Waals surface area contributed by atoms with E-state index >= 15 is 0 Å². The molecule has 1 aromatic rings. The predicted molar refractivity (Wildman–Crippen MR) is 54.5 cm³/mol. The second kappa shape index (κ2) is 3.79. The Bertz CT molecular complexity index is 361. The smallest absolute Gasteiger partial charge is 0.138 e. The lowest BCUT2D eigenvalue weighted by Crippen LogP contribution is -1.96. The molecule has 0 unspecified atom stereocenters. The molecule has 1 rings (SSSR count). The van der Waals surface area contributed by atoms with Crippen molar-refractivity contribution in [2.45, 2.75) is 13.8 Å². The summed E-state index contributed by atoms with van der Waals surface area (Å²) in [6.45, 7) is 3.53. The summed E-state index contributed by atoms with van der Waals surface area (Å²) in [6, 6.07) is 3.55. The van der Waals surface area contributed by atoms with Crippen molar-refractivity contribution in [2.24, 2.45) is 5.16 Å². The molecule has 70 valence electrons. The molecule has 13 heavy (non-hydrogen) atoms. The molecule has 0 aromatic heterocycles. The molecule has 4 heteroatoms. The van der Waals surface area contributed by atoms with Crippen LogP contribution in [0.1, 0.15) is 18.1 Å². The van der Waals surface area contributed by atoms with Crippen molar-refractivity contribution in [3.05, 3.63) is 27.7 Å². The first-order chi connectivity index (χ1) is 6.06. The minimum absolute atomic E-state index is 0.0981. The van der Waals surface area contributed by atoms with Crippen LogP contribution in [0.15, 0.2) is 21.8 Å². The largest absolute Gasteiger partial charge is 0.506 e. The average molecular weight is 244 g/mol. The highest BCUT2D eigenvalue weighted by Gasteiger charge is 2.09. The number of aryl methyl sites for hydroxylation is 1. The molecule has 0 saturated heterocycles. The van der Waals surface area contributed by atoms with Gasteiger partial charge in [0.1, 0.15) is 5.75 Å². The van der Waals surface area contributed by atoms with Crippen LogP contribution in [0.4, 0.5) is 0 Å². The summed E-state index contributed by atoms with van der Waals surface area (Å²) in [6.07, 6.45) is 0. The molecule has 0 saturated carbocycles. The number of nitrogens with zero attached hydrogens (tertiary/aromatic N) is 1. The maximum absolute atomic E-state index is 9.58. The lowest BCUT2D eigenvalue weighted by Gasteiger charge is -2.06. The zero-order valence-corrected chi connectivity index (χ0v) is 8.96. The molecule has 0 atom stereocenters. The summed E-state index contributed by atoms with van der Waals surface area (Å²) >= 11 is 3.21. The van der Waals surface area contributed by atoms with E-state index < -0.39 is 0 Å². The number of phenolic OH excluding ortho intramolecular Hbond substituents is 1. The molecule has 1 aromatic carbocycles. The Balaban J connectivity index is 3.37. The van der Waals surface area contributed by atoms with Crippen molar-refractivity contribution in [2.75, 3.05) is 0 Å². The van der Waals surface area contributed by atoms with Gasteiger partial charge in [0.2, 0.25) is 0 Å². The van der Waals surface area contributed by atoms with Gasteiger partial charge in [-0.15, -0.1) is 0 Å². The van der Waals surface area contributed by atoms with Crippen LogP contribution in [0.3, 0.4) is 0 Å². The number of halogens is 1. The van der Waals surface area contributed by atoms with Crippen LogP contribution in [0, 0.1) is 6.92 Å². The number of rotatable bonds is 1. The zero-order valence-electron chi connectivity index (χ0n) is 7.37. The molecule has 0 spiro atoms. The average Bonchev–Trinajstić information content (AvgIpc) is 2.10. The molecule has 0 aliphatic heterocycles. The third-order valence-corrected chi connectivity index (χ3v) is 2.35. The summed E-state index contributed by atoms with van der Waals surface area (Å²) in [5.74, 6) is 0.0981. The SMILES string of the molecule is C/C(=N\O)c1cc(C)cc(Br)c1O. The lowest BCUT2D eigenvalue weighted by molar-refractivity contribution is 0.318. The maximum atomic E-state index is 9.58. The van der Waals surface area contributed by atoms with Gasteiger partial charge in [0.25, 0.3) is 0 Å². The summed E-state index contributed by atoms with van der Waals surface area (Å²) < 4.78 is 0.602. The first-order valence-electron chi connectivity index (χ1n) is 3.74. The number of hydrogen-bond donors (Lipinski definition) is 2. The molecule has 2 N–H and O–H groups in total. The van der Waals surface area contributed by atoms with Gasteiger partial charge in [0.05, 0.1) is 10.2 Å². The molecule has 0 bridgehead atoms. The van der Waals surface area contributed by atoms with E-state index in [0.29, 0.717) is 15.7 Å². The highest BCUT2D eigenvalue weighted by atomic mass is 79.9. The third-order valence-electron chi connectivity index (χ3n) is 1.75. The Morgan fingerprint density at radius 2 is 2.08 bits per heavy atom. The van der Waals surface area contributed by atoms with Crippen LogP contribution in [-0.2, 0) is 0 Å². The normalized spacial score (nSPS) is 11.8. The van der Waals surface area contributed by atoms with Crippen molar-refractivity contribution >= 4 is 21.6 Å². The summed E-state index contributed by atoms with van der Waals surface area (Å²) in [7, 11) is 0. The van der Waals surface area contributed by atoms with Gasteiger partial charge in [-0.25, -0.2) is 0 Å². The Kier molecular flexibility index (Phi) is 2.93. The van der Waals surface area contributed by atoms with Crippen LogP contribution in [0.5, 0.6) is 5.75 Å². The van der Waals surface area contributed by atoms with Crippen molar-refractivity contribution in [1.82, 2.24) is 0 Å². The first kappa shape index (κ1) is 10.1. The fourth-order valence-electron chi connectivity index (χ4n) is 1.06. The first-order valence-corrected chi connectivity index (χ1v) is 4.53. The standard InChI is InChI=1S/C9H10BrNO2/c1-5-3-7(6(2)11-13)9(12)8(10)4-5/h3-4,12-13H,1-2H3/b11-6+. The van der Waals surface area contributed by atoms with Crippen molar-refractivity contribution in [1.29, 1.82) is 0 Å². The van der Waals surface area contributed by atoms with Gasteiger partial charge in [-0.2, -0.15) is 0 Å². The Hall–Kier alpha value is -1.03. The van der Waals surface area contributed by atoms with Gasteiger partial charge in [0, 0.05) is 5.56 Å². The molecule has 3 nitrogen and oxygen atoms in total. The molecule has 0 aliphatic carbocycles. The summed E-state index contributed by atoms with van der Waals surface area (Å²) in [5, 5.41) is 21.2. The van der Waals surface area contributed by atoms with Gasteiger partial charge >= 0.3 is 0 Å². The van der Waals surface area contributed by atoms with Gasteiger partial charge in [-0.3, -0.25) is 0 Å². The van der Waals surface area contributed by atoms with Gasteiger partial charge in [-0.1, -0.05) is 5.16 Å². The van der Waals surface area contributed by atoms with Crippen LogP contribution in [0.25, 0.3) is 0 Å². The topological polar surface area (TPSA) is 52.8 Å². The van der Waals surface area contributed by atoms with E-state index in [9.17, 15) is 5.11 Å². The van der Waals surface area contributed by atoms with Gasteiger partial charge < -0.3 is 10.3 Å². The van der Waals surface area contributed by atoms with E-state index in [1.54, 1.807) is 19.1 Å². The zero-order chi connectivity index (χ0) is 10.0. The van der Waals surface area contributed by atoms with Crippen molar-refractivity contribution in [3.63, 3.8) is 0 Å². The Labute approximate surface area is 84.8 Å². The van der Waals surface area contributed by atoms with Gasteiger partial charge in [-0.05, 0) is 47.5 Å². The monoisotopic (exact) mass is 243 g/mol. The summed E-state index contributed by atoms with van der Waals surface area (Å²) in [5.41, 5.74) is 1.92. The van der Waals surface area contributed by atoms with E-state index in [-0.39, 0.29) is 5.75 Å². The quantitative estimate of drug-likeness (QED) is 0.453. The van der Waals surface area contributed by atoms with E-state index in [1.807, 2.05) is 6.92 Å². The van der Waals surface area contributed by atoms with Gasteiger partial charge in [0.15, 0.2) is 0 Å². The third kappa shape index (κ3) is 2.01. The van der Waals surface area contributed by atoms with Crippen molar-refractivity contribution < 1.29 is 10.3 Å². The van der Waals surface area contributed by atoms with Crippen LogP contribution < -0.4 is 0 Å². The molecule has 0 radical (unpaired) electrons. The fourth-order valence-corrected chi connectivity index (χ4v) is 1.64. The Morgan fingerprint density at radius 3 is 2.62 bits per heavy atom. The fraction of sp³-hybridized carbons (Fsp3) is 0.222. The molecular formula is C9H10BrNO2. The van der Waals surface area contributed by atoms with E-state index in [2.05, 4.69) is 21.1 Å². The molecule has 0 aliphatic rings. The minimum Gasteiger partial charge on any atom is -0.506 e. The second-order valence-electron chi connectivity index (χ2n) is 2.83. The van der Waals surface area contributed by atoms with Crippen LogP contribution in [-0.4, -0.2) is 16.0 Å². The summed E-state index contributed by atoms with van der Waals surface area (Å²) in [4.78, 5) is 0. The number of benzene rings is 1. The second-order valence-corrected chi connectivity index (χ2v) is 3.68. The predicted octanol–water partition coefficient (Wildman–Crippen LogP) is 2.66. The maximum Gasteiger partial charge on any atom is 0.138 e. The molecule has 0 heterocycles. The number of aromatic hydroxyl groups is 1. The van der Waals surface area contributed by atoms with E-state index in [4.69, 9.17) is 5.21 Å². The highest BCUT2D eigenvalue weighted by molar-refractivity contribution is 9.10. The minimum atomic E-state index is 0.0981. The van der Waals surface area contributed by atoms with E-state index in [1.165, 1.54) is 0 Å². The number of oxime groups is 1. The van der Waals surface area contributed by atoms with Crippen LogP contribution >= 0.6 is 15.9 Å².